The van der Waals surface area contributed by atoms with E-state index in [9.17, 15) is 13.2 Å². The maximum absolute atomic E-state index is 12.5. The van der Waals surface area contributed by atoms with Crippen LogP contribution in [0.5, 0.6) is 0 Å². The second kappa shape index (κ2) is 5.84. The Morgan fingerprint density at radius 1 is 1.48 bits per heavy atom. The van der Waals surface area contributed by atoms with Crippen LogP contribution in [-0.2, 0) is 9.84 Å². The third-order valence-electron chi connectivity index (χ3n) is 4.10. The Kier molecular flexibility index (Phi) is 4.01. The lowest BCUT2D eigenvalue weighted by Gasteiger charge is -2.27. The van der Waals surface area contributed by atoms with Gasteiger partial charge in [-0.2, -0.15) is 0 Å². The number of carbonyl (C=O) groups is 1. The molecule has 7 nitrogen and oxygen atoms in total. The van der Waals surface area contributed by atoms with Gasteiger partial charge in [0.15, 0.2) is 9.84 Å². The molecule has 3 rings (SSSR count). The van der Waals surface area contributed by atoms with Crippen molar-refractivity contribution in [1.82, 2.24) is 14.9 Å². The first-order valence-corrected chi connectivity index (χ1v) is 9.44. The Labute approximate surface area is 135 Å². The monoisotopic (exact) mass is 336 g/mol. The minimum absolute atomic E-state index is 0.0486. The normalized spacial score (nSPS) is 19.8. The summed E-state index contributed by atoms with van der Waals surface area (Å²) in [6, 6.07) is 4.94. The first kappa shape index (κ1) is 15.8. The molecule has 0 saturated carbocycles. The summed E-state index contributed by atoms with van der Waals surface area (Å²) in [5.74, 6) is 1.02. The molecule has 0 unspecified atom stereocenters. The van der Waals surface area contributed by atoms with Gasteiger partial charge in [-0.1, -0.05) is 0 Å². The van der Waals surface area contributed by atoms with Crippen molar-refractivity contribution >= 4 is 32.6 Å². The highest BCUT2D eigenvalue weighted by molar-refractivity contribution is 7.91. The fraction of sp³-hybridized carbons (Fsp3) is 0.467. The number of benzene rings is 1. The van der Waals surface area contributed by atoms with E-state index in [1.54, 1.807) is 11.0 Å². The van der Waals surface area contributed by atoms with Crippen molar-refractivity contribution in [2.75, 3.05) is 23.4 Å². The summed E-state index contributed by atoms with van der Waals surface area (Å²) in [5.41, 5.74) is 2.35. The van der Waals surface area contributed by atoms with Crippen LogP contribution in [0.2, 0.25) is 0 Å². The third kappa shape index (κ3) is 3.31. The van der Waals surface area contributed by atoms with Crippen molar-refractivity contribution in [3.05, 3.63) is 24.0 Å². The average Bonchev–Trinajstić information content (AvgIpc) is 3.00. The second-order valence-corrected chi connectivity index (χ2v) is 8.06. The molecule has 1 fully saturated rings. The van der Waals surface area contributed by atoms with E-state index in [0.717, 1.165) is 16.9 Å². The Morgan fingerprint density at radius 2 is 2.26 bits per heavy atom. The molecule has 2 heterocycles. The maximum Gasteiger partial charge on any atom is 0.322 e. The van der Waals surface area contributed by atoms with Crippen LogP contribution in [0, 0.1) is 6.92 Å². The topological polar surface area (TPSA) is 95.2 Å². The fourth-order valence-corrected chi connectivity index (χ4v) is 4.73. The number of aryl methyl sites for hydroxylation is 1. The van der Waals surface area contributed by atoms with Crippen LogP contribution in [-0.4, -0.2) is 53.4 Å². The van der Waals surface area contributed by atoms with Crippen LogP contribution in [0.1, 0.15) is 19.2 Å². The van der Waals surface area contributed by atoms with Gasteiger partial charge in [-0.05, 0) is 38.5 Å². The molecule has 8 heteroatoms. The van der Waals surface area contributed by atoms with Crippen LogP contribution >= 0.6 is 0 Å². The van der Waals surface area contributed by atoms with E-state index in [-0.39, 0.29) is 23.6 Å². The summed E-state index contributed by atoms with van der Waals surface area (Å²) >= 11 is 0. The van der Waals surface area contributed by atoms with Gasteiger partial charge in [0.25, 0.3) is 0 Å². The van der Waals surface area contributed by atoms with Crippen LogP contribution < -0.4 is 5.32 Å². The van der Waals surface area contributed by atoms with Gasteiger partial charge < -0.3 is 15.2 Å². The Morgan fingerprint density at radius 3 is 2.91 bits per heavy atom. The molecule has 1 aliphatic rings. The summed E-state index contributed by atoms with van der Waals surface area (Å²) in [6.07, 6.45) is 0.502. The number of carbonyl (C=O) groups excluding carboxylic acids is 1. The Balaban J connectivity index is 1.75. The second-order valence-electron chi connectivity index (χ2n) is 5.83. The van der Waals surface area contributed by atoms with Gasteiger partial charge in [-0.25, -0.2) is 18.2 Å². The molecule has 0 spiro atoms. The van der Waals surface area contributed by atoms with Crippen molar-refractivity contribution < 1.29 is 13.2 Å². The third-order valence-corrected chi connectivity index (χ3v) is 5.85. The van der Waals surface area contributed by atoms with E-state index in [2.05, 4.69) is 15.3 Å². The van der Waals surface area contributed by atoms with Gasteiger partial charge in [-0.15, -0.1) is 0 Å². The van der Waals surface area contributed by atoms with Crippen molar-refractivity contribution in [3.63, 3.8) is 0 Å². The van der Waals surface area contributed by atoms with Crippen molar-refractivity contribution in [2.45, 2.75) is 26.3 Å². The minimum Gasteiger partial charge on any atom is -0.342 e. The Bertz CT molecular complexity index is 844. The number of hydrogen-bond donors (Lipinski definition) is 2. The van der Waals surface area contributed by atoms with E-state index in [0.29, 0.717) is 18.7 Å². The standard InChI is InChI=1S/C15H20N4O3S/c1-3-19(12-6-7-23(21,22)9-12)15(20)18-11-4-5-13-14(8-11)17-10(2)16-13/h4-5,8,12H,3,6-7,9H2,1-2H3,(H,16,17)(H,18,20)/t12-/m1/s1. The zero-order chi connectivity index (χ0) is 16.6. The first-order valence-electron chi connectivity index (χ1n) is 7.62. The number of amides is 2. The van der Waals surface area contributed by atoms with Gasteiger partial charge in [0.1, 0.15) is 5.82 Å². The minimum atomic E-state index is -3.02. The molecule has 0 bridgehead atoms. The number of sulfone groups is 1. The van der Waals surface area contributed by atoms with E-state index in [4.69, 9.17) is 0 Å². The number of hydrogen-bond acceptors (Lipinski definition) is 4. The summed E-state index contributed by atoms with van der Waals surface area (Å²) in [6.45, 7) is 4.20. The van der Waals surface area contributed by atoms with Crippen molar-refractivity contribution in [1.29, 1.82) is 0 Å². The molecule has 0 aliphatic carbocycles. The molecule has 124 valence electrons. The molecule has 1 saturated heterocycles. The van der Waals surface area contributed by atoms with Crippen LogP contribution in [0.15, 0.2) is 18.2 Å². The molecule has 23 heavy (non-hydrogen) atoms. The largest absolute Gasteiger partial charge is 0.342 e. The molecular weight excluding hydrogens is 316 g/mol. The average molecular weight is 336 g/mol. The molecule has 2 aromatic rings. The first-order chi connectivity index (χ1) is 10.9. The van der Waals surface area contributed by atoms with Gasteiger partial charge in [0.2, 0.25) is 0 Å². The fourth-order valence-electron chi connectivity index (χ4n) is 3.00. The number of anilines is 1. The van der Waals surface area contributed by atoms with E-state index in [1.807, 2.05) is 26.0 Å². The van der Waals surface area contributed by atoms with Gasteiger partial charge >= 0.3 is 6.03 Å². The lowest BCUT2D eigenvalue weighted by Crippen LogP contribution is -2.43. The predicted octanol–water partition coefficient (Wildman–Crippen LogP) is 1.91. The summed E-state index contributed by atoms with van der Waals surface area (Å²) in [4.78, 5) is 21.5. The number of rotatable bonds is 3. The molecule has 0 radical (unpaired) electrons. The summed E-state index contributed by atoms with van der Waals surface area (Å²) in [7, 11) is -3.02. The molecule has 2 N–H and O–H groups in total. The molecule has 1 aromatic carbocycles. The smallest absolute Gasteiger partial charge is 0.322 e. The number of nitrogens with zero attached hydrogens (tertiary/aromatic N) is 2. The number of aromatic nitrogens is 2. The summed E-state index contributed by atoms with van der Waals surface area (Å²) in [5, 5.41) is 2.84. The number of fused-ring (bicyclic) bond motifs is 1. The summed E-state index contributed by atoms with van der Waals surface area (Å²) < 4.78 is 23.2. The van der Waals surface area contributed by atoms with E-state index >= 15 is 0 Å². The SMILES string of the molecule is CCN(C(=O)Nc1ccc2nc(C)[nH]c2c1)[C@@H]1CCS(=O)(=O)C1. The quantitative estimate of drug-likeness (QED) is 0.895. The number of H-pyrrole nitrogens is 1. The Hall–Kier alpha value is -2.09. The van der Waals surface area contributed by atoms with Crippen LogP contribution in [0.3, 0.4) is 0 Å². The highest BCUT2D eigenvalue weighted by Crippen LogP contribution is 2.21. The number of imidazole rings is 1. The highest BCUT2D eigenvalue weighted by atomic mass is 32.2. The molecule has 1 aliphatic heterocycles. The lowest BCUT2D eigenvalue weighted by molar-refractivity contribution is 0.197. The van der Waals surface area contributed by atoms with Crippen LogP contribution in [0.25, 0.3) is 11.0 Å². The van der Waals surface area contributed by atoms with Crippen molar-refractivity contribution in [2.24, 2.45) is 0 Å². The van der Waals surface area contributed by atoms with Gasteiger partial charge in [0.05, 0.1) is 22.5 Å². The van der Waals surface area contributed by atoms with Gasteiger partial charge in [0, 0.05) is 18.3 Å². The van der Waals surface area contributed by atoms with Crippen molar-refractivity contribution in [3.8, 4) is 0 Å². The number of aromatic amines is 1. The lowest BCUT2D eigenvalue weighted by atomic mass is 10.2. The van der Waals surface area contributed by atoms with E-state index < -0.39 is 9.84 Å². The maximum atomic E-state index is 12.5. The zero-order valence-corrected chi connectivity index (χ0v) is 14.0. The predicted molar refractivity (Wildman–Crippen MR) is 89.3 cm³/mol. The number of nitrogens with one attached hydrogen (secondary N) is 2. The molecule has 1 aromatic heterocycles. The molecular formula is C15H20N4O3S. The number of urea groups is 1. The highest BCUT2D eigenvalue weighted by Gasteiger charge is 2.33. The van der Waals surface area contributed by atoms with Gasteiger partial charge in [-0.3, -0.25) is 0 Å². The zero-order valence-electron chi connectivity index (χ0n) is 13.2. The molecule has 2 amide bonds. The van der Waals surface area contributed by atoms with E-state index in [1.165, 1.54) is 0 Å². The van der Waals surface area contributed by atoms with Crippen LogP contribution in [0.4, 0.5) is 10.5 Å². The molecule has 1 atom stereocenters.